The van der Waals surface area contributed by atoms with Crippen molar-refractivity contribution in [2.24, 2.45) is 15.9 Å². The van der Waals surface area contributed by atoms with Crippen LogP contribution in [0.4, 0.5) is 0 Å². The Morgan fingerprint density at radius 3 is 2.33 bits per heavy atom. The van der Waals surface area contributed by atoms with Gasteiger partial charge in [-0.2, -0.15) is 5.26 Å². The Bertz CT molecular complexity index is 180. The Hall–Kier alpha value is -1.37. The predicted octanol–water partition coefficient (Wildman–Crippen LogP) is 0.263. The minimum absolute atomic E-state index is 0.305. The van der Waals surface area contributed by atoms with Crippen LogP contribution in [0.5, 0.6) is 0 Å². The minimum atomic E-state index is 0.305. The van der Waals surface area contributed by atoms with Gasteiger partial charge in [0.2, 0.25) is 0 Å². The van der Waals surface area contributed by atoms with E-state index in [0.29, 0.717) is 11.5 Å². The third-order valence-corrected chi connectivity index (χ3v) is 0.520. The molecule has 0 spiro atoms. The van der Waals surface area contributed by atoms with Crippen molar-refractivity contribution in [3.05, 3.63) is 0 Å². The average Bonchev–Trinajstić information content (AvgIpc) is 1.83. The minimum Gasteiger partial charge on any atom is -0.386 e. The lowest BCUT2D eigenvalue weighted by atomic mass is 10.5. The van der Waals surface area contributed by atoms with Crippen molar-refractivity contribution >= 4 is 11.5 Å². The van der Waals surface area contributed by atoms with Gasteiger partial charge in [-0.15, -0.1) is 10.2 Å². The maximum Gasteiger partial charge on any atom is 0.137 e. The molecule has 4 heteroatoms. The molecule has 48 valence electrons. The summed E-state index contributed by atoms with van der Waals surface area (Å²) in [6, 6.07) is 1.81. The van der Waals surface area contributed by atoms with Gasteiger partial charge in [0, 0.05) is 0 Å². The highest BCUT2D eigenvalue weighted by Gasteiger charge is 1.81. The van der Waals surface area contributed by atoms with Crippen molar-refractivity contribution in [2.75, 3.05) is 0 Å². The van der Waals surface area contributed by atoms with Gasteiger partial charge in [-0.3, -0.25) is 0 Å². The van der Waals surface area contributed by atoms with E-state index < -0.39 is 0 Å². The lowest BCUT2D eigenvalue weighted by Crippen LogP contribution is -2.04. The second kappa shape index (κ2) is 3.61. The smallest absolute Gasteiger partial charge is 0.137 e. The highest BCUT2D eigenvalue weighted by molar-refractivity contribution is 5.96. The Labute approximate surface area is 53.7 Å². The monoisotopic (exact) mass is 124 g/mol. The Morgan fingerprint density at radius 1 is 1.44 bits per heavy atom. The van der Waals surface area contributed by atoms with Crippen molar-refractivity contribution in [1.82, 2.24) is 0 Å². The summed E-state index contributed by atoms with van der Waals surface area (Å²) in [5, 5.41) is 15.1. The maximum atomic E-state index is 8.16. The van der Waals surface area contributed by atoms with E-state index in [-0.39, 0.29) is 0 Å². The maximum absolute atomic E-state index is 8.16. The van der Waals surface area contributed by atoms with Gasteiger partial charge in [0.15, 0.2) is 0 Å². The summed E-state index contributed by atoms with van der Waals surface area (Å²) in [5.41, 5.74) is 5.43. The van der Waals surface area contributed by atoms with Crippen LogP contribution in [0.25, 0.3) is 0 Å². The summed E-state index contributed by atoms with van der Waals surface area (Å²) in [5.74, 6) is 0.351. The predicted molar refractivity (Wildman–Crippen MR) is 36.0 cm³/mol. The highest BCUT2D eigenvalue weighted by atomic mass is 15.2. The zero-order valence-corrected chi connectivity index (χ0v) is 5.42. The molecule has 0 aliphatic rings. The summed E-state index contributed by atoms with van der Waals surface area (Å²) >= 11 is 0. The first-order valence-corrected chi connectivity index (χ1v) is 2.41. The molecule has 0 rings (SSSR count). The molecular formula is C5H8N4. The van der Waals surface area contributed by atoms with Gasteiger partial charge in [0.05, 0.1) is 0 Å². The van der Waals surface area contributed by atoms with Crippen LogP contribution in [-0.2, 0) is 0 Å². The molecule has 0 aromatic rings. The number of nitrogens with zero attached hydrogens (tertiary/aromatic N) is 3. The first-order valence-electron chi connectivity index (χ1n) is 2.41. The van der Waals surface area contributed by atoms with E-state index in [1.54, 1.807) is 13.8 Å². The van der Waals surface area contributed by atoms with E-state index in [1.165, 1.54) is 0 Å². The second-order valence-electron chi connectivity index (χ2n) is 1.54. The zero-order chi connectivity index (χ0) is 7.28. The quantitative estimate of drug-likeness (QED) is 0.309. The fourth-order valence-corrected chi connectivity index (χ4v) is 0.176. The SMILES string of the molecule is C/C(N)=N/N=C(/C)C#N. The summed E-state index contributed by atoms with van der Waals surface area (Å²) in [6.45, 7) is 3.17. The van der Waals surface area contributed by atoms with Crippen LogP contribution in [0.2, 0.25) is 0 Å². The Kier molecular flexibility index (Phi) is 3.06. The number of nitriles is 1. The largest absolute Gasteiger partial charge is 0.386 e. The van der Waals surface area contributed by atoms with Crippen molar-refractivity contribution < 1.29 is 0 Å². The molecule has 0 radical (unpaired) electrons. The molecule has 0 bridgehead atoms. The van der Waals surface area contributed by atoms with Gasteiger partial charge in [0.1, 0.15) is 17.6 Å². The molecule has 0 aromatic carbocycles. The lowest BCUT2D eigenvalue weighted by molar-refractivity contribution is 1.21. The van der Waals surface area contributed by atoms with E-state index in [0.717, 1.165) is 0 Å². The molecular weight excluding hydrogens is 116 g/mol. The van der Waals surface area contributed by atoms with E-state index in [1.807, 2.05) is 6.07 Å². The molecule has 2 N–H and O–H groups in total. The third kappa shape index (κ3) is 4.48. The van der Waals surface area contributed by atoms with Crippen molar-refractivity contribution in [3.63, 3.8) is 0 Å². The van der Waals surface area contributed by atoms with Crippen LogP contribution in [-0.4, -0.2) is 11.5 Å². The standard InChI is InChI=1S/C5H8N4/c1-4(3-6)8-9-5(2)7/h1-2H3,(H2,7,9)/b8-4-. The fraction of sp³-hybridized carbons (Fsp3) is 0.400. The van der Waals surface area contributed by atoms with E-state index in [2.05, 4.69) is 10.2 Å². The molecule has 0 atom stereocenters. The van der Waals surface area contributed by atoms with E-state index >= 15 is 0 Å². The molecule has 0 fully saturated rings. The Morgan fingerprint density at radius 2 is 2.00 bits per heavy atom. The fourth-order valence-electron chi connectivity index (χ4n) is 0.176. The average molecular weight is 124 g/mol. The van der Waals surface area contributed by atoms with Crippen LogP contribution < -0.4 is 5.73 Å². The molecule has 0 heterocycles. The Balaban J connectivity index is 4.03. The van der Waals surface area contributed by atoms with Gasteiger partial charge >= 0.3 is 0 Å². The lowest BCUT2D eigenvalue weighted by Gasteiger charge is -1.81. The molecule has 0 saturated carbocycles. The van der Waals surface area contributed by atoms with Gasteiger partial charge in [-0.05, 0) is 13.8 Å². The van der Waals surface area contributed by atoms with Crippen LogP contribution >= 0.6 is 0 Å². The molecule has 0 aromatic heterocycles. The summed E-state index contributed by atoms with van der Waals surface area (Å²) < 4.78 is 0. The van der Waals surface area contributed by atoms with Crippen LogP contribution in [0.15, 0.2) is 10.2 Å². The number of hydrogen-bond donors (Lipinski definition) is 1. The van der Waals surface area contributed by atoms with Crippen molar-refractivity contribution in [1.29, 1.82) is 5.26 Å². The van der Waals surface area contributed by atoms with Crippen LogP contribution in [0.1, 0.15) is 13.8 Å². The molecule has 0 aliphatic heterocycles. The molecule has 9 heavy (non-hydrogen) atoms. The van der Waals surface area contributed by atoms with Crippen molar-refractivity contribution in [2.45, 2.75) is 13.8 Å². The summed E-state index contributed by atoms with van der Waals surface area (Å²) in [4.78, 5) is 0. The van der Waals surface area contributed by atoms with E-state index in [9.17, 15) is 0 Å². The summed E-state index contributed by atoms with van der Waals surface area (Å²) in [7, 11) is 0. The zero-order valence-electron chi connectivity index (χ0n) is 5.42. The number of rotatable bonds is 1. The molecule has 4 nitrogen and oxygen atoms in total. The van der Waals surface area contributed by atoms with Crippen LogP contribution in [0, 0.1) is 11.3 Å². The van der Waals surface area contributed by atoms with Gasteiger partial charge in [0.25, 0.3) is 0 Å². The van der Waals surface area contributed by atoms with Gasteiger partial charge < -0.3 is 5.73 Å². The van der Waals surface area contributed by atoms with Crippen LogP contribution in [0.3, 0.4) is 0 Å². The van der Waals surface area contributed by atoms with Gasteiger partial charge in [-0.1, -0.05) is 0 Å². The van der Waals surface area contributed by atoms with Gasteiger partial charge in [-0.25, -0.2) is 0 Å². The molecule has 0 aliphatic carbocycles. The first-order chi connectivity index (χ1) is 4.16. The third-order valence-electron chi connectivity index (χ3n) is 0.520. The van der Waals surface area contributed by atoms with E-state index in [4.69, 9.17) is 11.0 Å². The molecule has 0 amide bonds. The highest BCUT2D eigenvalue weighted by Crippen LogP contribution is 1.76. The molecule has 0 saturated heterocycles. The number of nitrogens with two attached hydrogens (primary N) is 1. The second-order valence-corrected chi connectivity index (χ2v) is 1.54. The topological polar surface area (TPSA) is 74.5 Å². The first kappa shape index (κ1) is 7.63. The number of amidine groups is 1. The van der Waals surface area contributed by atoms with Crippen molar-refractivity contribution in [3.8, 4) is 6.07 Å². The molecule has 0 unspecified atom stereocenters. The summed E-state index contributed by atoms with van der Waals surface area (Å²) in [6.07, 6.45) is 0. The normalized spacial score (nSPS) is 13.0. The number of hydrogen-bond acceptors (Lipinski definition) is 3.